The van der Waals surface area contributed by atoms with Crippen molar-refractivity contribution >= 4 is 22.6 Å². The first-order chi connectivity index (χ1) is 13.9. The van der Waals surface area contributed by atoms with Gasteiger partial charge in [-0.05, 0) is 53.8 Å². The van der Waals surface area contributed by atoms with Crippen molar-refractivity contribution in [3.63, 3.8) is 0 Å². The van der Waals surface area contributed by atoms with Crippen molar-refractivity contribution in [2.24, 2.45) is 5.92 Å². The molecule has 3 aromatic carbocycles. The van der Waals surface area contributed by atoms with E-state index in [1.807, 2.05) is 64.1 Å². The van der Waals surface area contributed by atoms with Crippen LogP contribution < -0.4 is 10.6 Å². The molecule has 0 heterocycles. The molecule has 2 N–H and O–H groups in total. The Labute approximate surface area is 172 Å². The maximum absolute atomic E-state index is 13.0. The van der Waals surface area contributed by atoms with Gasteiger partial charge in [-0.1, -0.05) is 68.4 Å². The molecule has 0 saturated heterocycles. The van der Waals surface area contributed by atoms with Crippen molar-refractivity contribution in [3.8, 4) is 0 Å². The molecule has 2 atom stereocenters. The number of nitrogens with one attached hydrogen (secondary N) is 2. The second kappa shape index (κ2) is 8.91. The summed E-state index contributed by atoms with van der Waals surface area (Å²) in [5, 5.41) is 8.27. The van der Waals surface area contributed by atoms with Crippen LogP contribution in [0.1, 0.15) is 48.3 Å². The van der Waals surface area contributed by atoms with Gasteiger partial charge in [0.05, 0.1) is 6.04 Å². The molecule has 2 amide bonds. The van der Waals surface area contributed by atoms with Crippen LogP contribution in [-0.2, 0) is 4.79 Å². The number of carbonyl (C=O) groups is 2. The quantitative estimate of drug-likeness (QED) is 0.638. The van der Waals surface area contributed by atoms with E-state index in [4.69, 9.17) is 0 Å². The molecule has 0 bridgehead atoms. The van der Waals surface area contributed by atoms with Crippen molar-refractivity contribution in [3.05, 3.63) is 83.4 Å². The average molecular weight is 389 g/mol. The van der Waals surface area contributed by atoms with E-state index < -0.39 is 6.04 Å². The van der Waals surface area contributed by atoms with Crippen LogP contribution in [0.4, 0.5) is 0 Å². The lowest BCUT2D eigenvalue weighted by Gasteiger charge is -2.24. The van der Waals surface area contributed by atoms with Crippen LogP contribution >= 0.6 is 0 Å². The Morgan fingerprint density at radius 3 is 2.14 bits per heavy atom. The lowest BCUT2D eigenvalue weighted by atomic mass is 9.99. The largest absolute Gasteiger partial charge is 0.348 e. The Balaban J connectivity index is 1.73. The second-order valence-electron chi connectivity index (χ2n) is 7.85. The Morgan fingerprint density at radius 1 is 0.793 bits per heavy atom. The van der Waals surface area contributed by atoms with E-state index >= 15 is 0 Å². The van der Waals surface area contributed by atoms with Crippen LogP contribution in [0.3, 0.4) is 0 Å². The van der Waals surface area contributed by atoms with E-state index in [1.165, 1.54) is 5.39 Å². The number of aryl methyl sites for hydroxylation is 1. The number of carbonyl (C=O) groups excluding carboxylic acids is 2. The van der Waals surface area contributed by atoms with E-state index in [2.05, 4.69) is 34.9 Å². The number of hydrogen-bond acceptors (Lipinski definition) is 2. The molecule has 0 radical (unpaired) electrons. The third kappa shape index (κ3) is 4.83. The van der Waals surface area contributed by atoms with Crippen molar-refractivity contribution < 1.29 is 9.59 Å². The van der Waals surface area contributed by atoms with Gasteiger partial charge >= 0.3 is 0 Å². The van der Waals surface area contributed by atoms with Gasteiger partial charge in [0.15, 0.2) is 0 Å². The van der Waals surface area contributed by atoms with E-state index in [-0.39, 0.29) is 23.8 Å². The van der Waals surface area contributed by atoms with Crippen molar-refractivity contribution in [1.82, 2.24) is 10.6 Å². The molecule has 150 valence electrons. The summed E-state index contributed by atoms with van der Waals surface area (Å²) in [6, 6.07) is 21.0. The van der Waals surface area contributed by atoms with Crippen LogP contribution in [-0.4, -0.2) is 17.9 Å². The number of benzene rings is 3. The molecular weight excluding hydrogens is 360 g/mol. The third-order valence-electron chi connectivity index (χ3n) is 5.26. The second-order valence-corrected chi connectivity index (χ2v) is 7.85. The van der Waals surface area contributed by atoms with Crippen LogP contribution in [0, 0.1) is 12.8 Å². The van der Waals surface area contributed by atoms with Gasteiger partial charge in [0.2, 0.25) is 5.91 Å². The predicted molar refractivity (Wildman–Crippen MR) is 118 cm³/mol. The summed E-state index contributed by atoms with van der Waals surface area (Å²) in [6.45, 7) is 7.72. The van der Waals surface area contributed by atoms with Crippen LogP contribution in [0.25, 0.3) is 10.8 Å². The summed E-state index contributed by atoms with van der Waals surface area (Å²) in [5.41, 5.74) is 2.51. The van der Waals surface area contributed by atoms with Gasteiger partial charge in [0.1, 0.15) is 6.04 Å². The molecule has 3 aromatic rings. The molecule has 0 aliphatic rings. The van der Waals surface area contributed by atoms with Crippen molar-refractivity contribution in [2.45, 2.75) is 39.8 Å². The van der Waals surface area contributed by atoms with Gasteiger partial charge < -0.3 is 10.6 Å². The molecule has 0 aliphatic heterocycles. The van der Waals surface area contributed by atoms with Gasteiger partial charge in [-0.25, -0.2) is 0 Å². The SMILES string of the molecule is Cc1ccccc1C(=O)N[C@H](C(=O)N[C@@H](C)c1ccc2ccccc2c1)C(C)C. The minimum absolute atomic E-state index is 0.0354. The van der Waals surface area contributed by atoms with Crippen molar-refractivity contribution in [2.75, 3.05) is 0 Å². The lowest BCUT2D eigenvalue weighted by molar-refractivity contribution is -0.124. The van der Waals surface area contributed by atoms with E-state index in [1.54, 1.807) is 6.07 Å². The number of fused-ring (bicyclic) bond motifs is 1. The molecule has 0 aromatic heterocycles. The molecule has 0 aliphatic carbocycles. The zero-order valence-electron chi connectivity index (χ0n) is 17.4. The molecule has 4 heteroatoms. The van der Waals surface area contributed by atoms with Gasteiger partial charge in [-0.2, -0.15) is 0 Å². The van der Waals surface area contributed by atoms with Crippen molar-refractivity contribution in [1.29, 1.82) is 0 Å². The topological polar surface area (TPSA) is 58.2 Å². The van der Waals surface area contributed by atoms with Gasteiger partial charge in [-0.3, -0.25) is 9.59 Å². The molecular formula is C25H28N2O2. The molecule has 29 heavy (non-hydrogen) atoms. The van der Waals surface area contributed by atoms with E-state index in [0.29, 0.717) is 5.56 Å². The first-order valence-electron chi connectivity index (χ1n) is 10.0. The van der Waals surface area contributed by atoms with Crippen LogP contribution in [0.5, 0.6) is 0 Å². The smallest absolute Gasteiger partial charge is 0.252 e. The summed E-state index contributed by atoms with van der Waals surface area (Å²) < 4.78 is 0. The molecule has 0 fully saturated rings. The monoisotopic (exact) mass is 388 g/mol. The fraction of sp³-hybridized carbons (Fsp3) is 0.280. The molecule has 0 spiro atoms. The summed E-state index contributed by atoms with van der Waals surface area (Å²) in [7, 11) is 0. The highest BCUT2D eigenvalue weighted by atomic mass is 16.2. The lowest BCUT2D eigenvalue weighted by Crippen LogP contribution is -2.50. The standard InChI is InChI=1S/C25H28N2O2/c1-16(2)23(27-24(28)22-12-8-5-9-17(22)3)25(29)26-18(4)20-14-13-19-10-6-7-11-21(19)15-20/h5-16,18,23H,1-4H3,(H,26,29)(H,27,28)/t18-,23-/m0/s1. The maximum atomic E-state index is 13.0. The normalized spacial score (nSPS) is 13.1. The zero-order valence-corrected chi connectivity index (χ0v) is 17.4. The minimum atomic E-state index is -0.606. The van der Waals surface area contributed by atoms with Crippen LogP contribution in [0.15, 0.2) is 66.7 Å². The highest BCUT2D eigenvalue weighted by Gasteiger charge is 2.26. The molecule has 0 saturated carbocycles. The zero-order chi connectivity index (χ0) is 21.0. The first-order valence-corrected chi connectivity index (χ1v) is 10.0. The number of rotatable bonds is 6. The predicted octanol–water partition coefficient (Wildman–Crippen LogP) is 4.78. The summed E-state index contributed by atoms with van der Waals surface area (Å²) in [4.78, 5) is 25.7. The number of hydrogen-bond donors (Lipinski definition) is 2. The first kappa shape index (κ1) is 20.6. The fourth-order valence-corrected chi connectivity index (χ4v) is 3.45. The Hall–Kier alpha value is -3.14. The van der Waals surface area contributed by atoms with Gasteiger partial charge in [0.25, 0.3) is 5.91 Å². The summed E-state index contributed by atoms with van der Waals surface area (Å²) in [5.74, 6) is -0.440. The molecule has 0 unspecified atom stereocenters. The molecule has 4 nitrogen and oxygen atoms in total. The molecule has 3 rings (SSSR count). The summed E-state index contributed by atoms with van der Waals surface area (Å²) >= 11 is 0. The van der Waals surface area contributed by atoms with E-state index in [9.17, 15) is 9.59 Å². The Kier molecular flexibility index (Phi) is 6.32. The minimum Gasteiger partial charge on any atom is -0.348 e. The van der Waals surface area contributed by atoms with Gasteiger partial charge in [0, 0.05) is 5.56 Å². The third-order valence-corrected chi connectivity index (χ3v) is 5.26. The van der Waals surface area contributed by atoms with E-state index in [0.717, 1.165) is 16.5 Å². The average Bonchev–Trinajstić information content (AvgIpc) is 2.71. The number of amides is 2. The highest BCUT2D eigenvalue weighted by molar-refractivity contribution is 5.98. The highest BCUT2D eigenvalue weighted by Crippen LogP contribution is 2.20. The van der Waals surface area contributed by atoms with Crippen LogP contribution in [0.2, 0.25) is 0 Å². The Morgan fingerprint density at radius 2 is 1.45 bits per heavy atom. The maximum Gasteiger partial charge on any atom is 0.252 e. The Bertz CT molecular complexity index is 1030. The summed E-state index contributed by atoms with van der Waals surface area (Å²) in [6.07, 6.45) is 0. The van der Waals surface area contributed by atoms with Gasteiger partial charge in [-0.15, -0.1) is 0 Å². The fourth-order valence-electron chi connectivity index (χ4n) is 3.45.